The number of aliphatic hydroxyl groups is 1. The van der Waals surface area contributed by atoms with Crippen molar-refractivity contribution in [2.45, 2.75) is 18.9 Å². The molecule has 2 N–H and O–H groups in total. The first kappa shape index (κ1) is 17.1. The number of nitrogens with one attached hydrogen (secondary N) is 1. The summed E-state index contributed by atoms with van der Waals surface area (Å²) in [7, 11) is 0. The van der Waals surface area contributed by atoms with E-state index >= 15 is 0 Å². The maximum atomic E-state index is 13.6. The van der Waals surface area contributed by atoms with Gasteiger partial charge >= 0.3 is 0 Å². The Balaban J connectivity index is 1.66. The zero-order valence-electron chi connectivity index (χ0n) is 13.8. The number of fused-ring (bicyclic) bond motifs is 1. The summed E-state index contributed by atoms with van der Waals surface area (Å²) in [6.07, 6.45) is 0.499. The van der Waals surface area contributed by atoms with Gasteiger partial charge in [0.2, 0.25) is 5.91 Å². The van der Waals surface area contributed by atoms with Crippen LogP contribution in [0.3, 0.4) is 0 Å². The number of aryl methyl sites for hydroxylation is 1. The highest BCUT2D eigenvalue weighted by Gasteiger charge is 2.14. The molecule has 3 aromatic rings. The van der Waals surface area contributed by atoms with Gasteiger partial charge in [-0.15, -0.1) is 0 Å². The number of carbonyl (C=O) groups is 1. The normalized spacial score (nSPS) is 12.1. The van der Waals surface area contributed by atoms with Gasteiger partial charge in [0.05, 0.1) is 12.6 Å². The van der Waals surface area contributed by atoms with Crippen LogP contribution in [0.5, 0.6) is 0 Å². The molecule has 0 heterocycles. The topological polar surface area (TPSA) is 49.3 Å². The van der Waals surface area contributed by atoms with Crippen molar-refractivity contribution in [2.75, 3.05) is 6.61 Å². The van der Waals surface area contributed by atoms with Crippen LogP contribution in [0.4, 0.5) is 4.39 Å². The second-order valence-corrected chi connectivity index (χ2v) is 6.00. The molecule has 0 aromatic heterocycles. The summed E-state index contributed by atoms with van der Waals surface area (Å²) in [6, 6.07) is 19.7. The average molecular weight is 337 g/mol. The van der Waals surface area contributed by atoms with Gasteiger partial charge in [-0.3, -0.25) is 4.79 Å². The average Bonchev–Trinajstić information content (AvgIpc) is 2.65. The highest BCUT2D eigenvalue weighted by Crippen LogP contribution is 2.20. The van der Waals surface area contributed by atoms with Crippen LogP contribution in [0.1, 0.15) is 23.6 Å². The number of halogens is 1. The third-order valence-electron chi connectivity index (χ3n) is 4.27. The fraction of sp³-hybridized carbons (Fsp3) is 0.190. The number of carbonyl (C=O) groups excluding carboxylic acids is 1. The van der Waals surface area contributed by atoms with Gasteiger partial charge in [-0.1, -0.05) is 54.6 Å². The Labute approximate surface area is 146 Å². The van der Waals surface area contributed by atoms with Crippen LogP contribution in [0.15, 0.2) is 66.7 Å². The minimum Gasteiger partial charge on any atom is -0.394 e. The van der Waals surface area contributed by atoms with E-state index < -0.39 is 6.04 Å². The number of aliphatic hydroxyl groups excluding tert-OH is 1. The van der Waals surface area contributed by atoms with Gasteiger partial charge < -0.3 is 10.4 Å². The minimum atomic E-state index is -0.474. The van der Waals surface area contributed by atoms with Crippen molar-refractivity contribution in [1.82, 2.24) is 5.32 Å². The lowest BCUT2D eigenvalue weighted by molar-refractivity contribution is -0.122. The molecule has 25 heavy (non-hydrogen) atoms. The largest absolute Gasteiger partial charge is 0.394 e. The lowest BCUT2D eigenvalue weighted by Gasteiger charge is -2.17. The molecule has 3 rings (SSSR count). The zero-order chi connectivity index (χ0) is 17.6. The van der Waals surface area contributed by atoms with Crippen LogP contribution < -0.4 is 5.32 Å². The quantitative estimate of drug-likeness (QED) is 0.719. The molecule has 0 aliphatic carbocycles. The van der Waals surface area contributed by atoms with E-state index in [9.17, 15) is 14.3 Å². The summed E-state index contributed by atoms with van der Waals surface area (Å²) in [6.45, 7) is -0.191. The summed E-state index contributed by atoms with van der Waals surface area (Å²) in [5.41, 5.74) is 1.37. The third kappa shape index (κ3) is 4.22. The van der Waals surface area contributed by atoms with Gasteiger partial charge in [0.1, 0.15) is 5.82 Å². The molecular formula is C21H20FNO2. The van der Waals surface area contributed by atoms with Crippen molar-refractivity contribution in [3.63, 3.8) is 0 Å². The van der Waals surface area contributed by atoms with E-state index in [1.54, 1.807) is 18.2 Å². The van der Waals surface area contributed by atoms with E-state index in [4.69, 9.17) is 0 Å². The SMILES string of the molecule is O=C(CCc1ccccc1F)NC(CO)c1ccc2ccccc2c1. The molecule has 4 heteroatoms. The number of hydrogen-bond donors (Lipinski definition) is 2. The van der Waals surface area contributed by atoms with Crippen LogP contribution in [0, 0.1) is 5.82 Å². The Hall–Kier alpha value is -2.72. The molecule has 0 radical (unpaired) electrons. The molecule has 128 valence electrons. The number of amides is 1. The Morgan fingerprint density at radius 3 is 2.48 bits per heavy atom. The predicted octanol–water partition coefficient (Wildman–Crippen LogP) is 3.76. The standard InChI is InChI=1S/C21H20FNO2/c22-19-8-4-3-6-16(19)11-12-21(25)23-20(14-24)18-10-9-15-5-1-2-7-17(15)13-18/h1-10,13,20,24H,11-12,14H2,(H,23,25). The van der Waals surface area contributed by atoms with Crippen LogP contribution in [-0.2, 0) is 11.2 Å². The Kier molecular flexibility index (Phi) is 5.41. The molecule has 0 aliphatic rings. The second kappa shape index (κ2) is 7.90. The van der Waals surface area contributed by atoms with Gasteiger partial charge in [-0.2, -0.15) is 0 Å². The molecule has 0 fully saturated rings. The number of hydrogen-bond acceptors (Lipinski definition) is 2. The fourth-order valence-electron chi connectivity index (χ4n) is 2.87. The van der Waals surface area contributed by atoms with Crippen molar-refractivity contribution >= 4 is 16.7 Å². The number of rotatable bonds is 6. The van der Waals surface area contributed by atoms with Crippen LogP contribution in [0.2, 0.25) is 0 Å². The molecule has 0 aliphatic heterocycles. The predicted molar refractivity (Wildman–Crippen MR) is 96.6 cm³/mol. The maximum Gasteiger partial charge on any atom is 0.220 e. The van der Waals surface area contributed by atoms with Gasteiger partial charge in [0, 0.05) is 6.42 Å². The molecule has 3 aromatic carbocycles. The van der Waals surface area contributed by atoms with Gasteiger partial charge in [0.15, 0.2) is 0 Å². The molecular weight excluding hydrogens is 317 g/mol. The van der Waals surface area contributed by atoms with E-state index in [0.29, 0.717) is 12.0 Å². The third-order valence-corrected chi connectivity index (χ3v) is 4.27. The molecule has 0 saturated carbocycles. The van der Waals surface area contributed by atoms with Crippen molar-refractivity contribution in [3.05, 3.63) is 83.7 Å². The summed E-state index contributed by atoms with van der Waals surface area (Å²) in [5.74, 6) is -0.515. The van der Waals surface area contributed by atoms with Crippen molar-refractivity contribution in [3.8, 4) is 0 Å². The molecule has 0 spiro atoms. The van der Waals surface area contributed by atoms with Crippen LogP contribution >= 0.6 is 0 Å². The van der Waals surface area contributed by atoms with E-state index in [1.807, 2.05) is 42.5 Å². The minimum absolute atomic E-state index is 0.172. The highest BCUT2D eigenvalue weighted by molar-refractivity contribution is 5.83. The van der Waals surface area contributed by atoms with Crippen LogP contribution in [-0.4, -0.2) is 17.6 Å². The first-order valence-corrected chi connectivity index (χ1v) is 8.29. The molecule has 0 bridgehead atoms. The summed E-state index contributed by atoms with van der Waals surface area (Å²) >= 11 is 0. The molecule has 1 unspecified atom stereocenters. The number of benzene rings is 3. The lowest BCUT2D eigenvalue weighted by Crippen LogP contribution is -2.31. The van der Waals surface area contributed by atoms with Crippen molar-refractivity contribution in [2.24, 2.45) is 0 Å². The Morgan fingerprint density at radius 2 is 1.72 bits per heavy atom. The lowest BCUT2D eigenvalue weighted by atomic mass is 10.0. The first-order chi connectivity index (χ1) is 12.2. The van der Waals surface area contributed by atoms with E-state index in [-0.39, 0.29) is 24.8 Å². The van der Waals surface area contributed by atoms with Crippen molar-refractivity contribution < 1.29 is 14.3 Å². The van der Waals surface area contributed by atoms with Gasteiger partial charge in [-0.05, 0) is 40.5 Å². The van der Waals surface area contributed by atoms with E-state index in [1.165, 1.54) is 6.07 Å². The summed E-state index contributed by atoms with van der Waals surface area (Å²) < 4.78 is 13.6. The highest BCUT2D eigenvalue weighted by atomic mass is 19.1. The second-order valence-electron chi connectivity index (χ2n) is 6.00. The van der Waals surface area contributed by atoms with Crippen molar-refractivity contribution in [1.29, 1.82) is 0 Å². The maximum absolute atomic E-state index is 13.6. The molecule has 3 nitrogen and oxygen atoms in total. The smallest absolute Gasteiger partial charge is 0.220 e. The Bertz CT molecular complexity index is 878. The monoisotopic (exact) mass is 337 g/mol. The van der Waals surface area contributed by atoms with E-state index in [0.717, 1.165) is 16.3 Å². The fourth-order valence-corrected chi connectivity index (χ4v) is 2.87. The van der Waals surface area contributed by atoms with Crippen LogP contribution in [0.25, 0.3) is 10.8 Å². The van der Waals surface area contributed by atoms with E-state index in [2.05, 4.69) is 5.32 Å². The van der Waals surface area contributed by atoms with Gasteiger partial charge in [0.25, 0.3) is 0 Å². The molecule has 1 atom stereocenters. The summed E-state index contributed by atoms with van der Waals surface area (Å²) in [5, 5.41) is 14.6. The summed E-state index contributed by atoms with van der Waals surface area (Å²) in [4.78, 5) is 12.2. The van der Waals surface area contributed by atoms with Gasteiger partial charge in [-0.25, -0.2) is 4.39 Å². The molecule has 1 amide bonds. The molecule has 0 saturated heterocycles. The first-order valence-electron chi connectivity index (χ1n) is 8.29. The zero-order valence-corrected chi connectivity index (χ0v) is 13.8. The Morgan fingerprint density at radius 1 is 1.00 bits per heavy atom.